The van der Waals surface area contributed by atoms with Crippen molar-refractivity contribution in [3.05, 3.63) is 0 Å². The van der Waals surface area contributed by atoms with Crippen LogP contribution < -0.4 is 51.4 Å². The summed E-state index contributed by atoms with van der Waals surface area (Å²) in [6.07, 6.45) is 0. The SMILES string of the molecule is O=S(O)S(=O)(=O)O.S.[H-].[K+]. The summed E-state index contributed by atoms with van der Waals surface area (Å²) in [4.78, 5) is 0. The molecule has 0 saturated carbocycles. The minimum atomic E-state index is -4.71. The maximum atomic E-state index is 9.34. The summed E-state index contributed by atoms with van der Waals surface area (Å²) in [5, 5.41) is 0. The molecule has 0 aliphatic rings. The molecule has 0 aromatic rings. The molecule has 0 aliphatic heterocycles. The van der Waals surface area contributed by atoms with Gasteiger partial charge in [0.2, 0.25) is 0 Å². The first-order chi connectivity index (χ1) is 2.94. The molecule has 54 valence electrons. The normalized spacial score (nSPS) is 12.7. The zero-order chi connectivity index (χ0) is 6.08. The van der Waals surface area contributed by atoms with Gasteiger partial charge >= 0.3 is 70.6 Å². The molecule has 0 bridgehead atoms. The molecule has 0 radical (unpaired) electrons. The molecule has 0 aliphatic carbocycles. The molecule has 9 heteroatoms. The van der Waals surface area contributed by atoms with Gasteiger partial charge < -0.3 is 1.43 Å². The van der Waals surface area contributed by atoms with Crippen LogP contribution in [0.25, 0.3) is 0 Å². The summed E-state index contributed by atoms with van der Waals surface area (Å²) in [6, 6.07) is 0. The van der Waals surface area contributed by atoms with Gasteiger partial charge in [0.05, 0.1) is 0 Å². The summed E-state index contributed by atoms with van der Waals surface area (Å²) in [5.74, 6) is 0. The molecule has 0 aromatic heterocycles. The Labute approximate surface area is 105 Å². The van der Waals surface area contributed by atoms with Crippen LogP contribution in [0.5, 0.6) is 0 Å². The van der Waals surface area contributed by atoms with Crippen LogP contribution >= 0.6 is 13.5 Å². The van der Waals surface area contributed by atoms with E-state index in [1.165, 1.54) is 0 Å². The minimum Gasteiger partial charge on any atom is -1.00 e. The number of rotatable bonds is 1. The van der Waals surface area contributed by atoms with Crippen LogP contribution in [-0.2, 0) is 19.3 Å². The monoisotopic (exact) mass is 220 g/mol. The summed E-state index contributed by atoms with van der Waals surface area (Å²) in [7, 11) is -7.87. The molecule has 1 unspecified atom stereocenters. The maximum Gasteiger partial charge on any atom is 1.00 e. The predicted molar refractivity (Wildman–Crippen MR) is 33.8 cm³/mol. The van der Waals surface area contributed by atoms with Crippen molar-refractivity contribution in [2.75, 3.05) is 0 Å². The van der Waals surface area contributed by atoms with Crippen LogP contribution in [0, 0.1) is 0 Å². The first-order valence-corrected chi connectivity index (χ1v) is 4.10. The van der Waals surface area contributed by atoms with Gasteiger partial charge in [0, 0.05) is 0 Å². The van der Waals surface area contributed by atoms with Crippen LogP contribution in [0.1, 0.15) is 1.43 Å². The average molecular weight is 220 g/mol. The predicted octanol–water partition coefficient (Wildman–Crippen LogP) is -3.76. The van der Waals surface area contributed by atoms with E-state index in [2.05, 4.69) is 0 Å². The Morgan fingerprint density at radius 1 is 1.44 bits per heavy atom. The smallest absolute Gasteiger partial charge is 1.00 e. The Bertz CT molecular complexity index is 171. The van der Waals surface area contributed by atoms with Crippen molar-refractivity contribution in [3.8, 4) is 0 Å². The Morgan fingerprint density at radius 2 is 1.56 bits per heavy atom. The second-order valence-electron chi connectivity index (χ2n) is 0.645. The molecule has 0 saturated heterocycles. The fourth-order valence-electron chi connectivity index (χ4n) is 0. The van der Waals surface area contributed by atoms with Crippen molar-refractivity contribution in [2.45, 2.75) is 0 Å². The first kappa shape index (κ1) is 17.2. The third-order valence-corrected chi connectivity index (χ3v) is 1.62. The summed E-state index contributed by atoms with van der Waals surface area (Å²) in [6.45, 7) is 0. The zero-order valence-electron chi connectivity index (χ0n) is 5.44. The molecule has 0 amide bonds. The molecule has 0 rings (SSSR count). The van der Waals surface area contributed by atoms with E-state index < -0.39 is 19.3 Å². The van der Waals surface area contributed by atoms with E-state index in [1.54, 1.807) is 0 Å². The average Bonchev–Trinajstić information content (AvgIpc) is 1.31. The topological polar surface area (TPSA) is 91.7 Å². The zero-order valence-corrected chi connectivity index (χ0v) is 10.2. The molecule has 1 atom stereocenters. The van der Waals surface area contributed by atoms with E-state index in [0.29, 0.717) is 0 Å². The van der Waals surface area contributed by atoms with E-state index in [0.717, 1.165) is 0 Å². The maximum absolute atomic E-state index is 9.34. The summed E-state index contributed by atoms with van der Waals surface area (Å²) in [5.41, 5.74) is 0. The van der Waals surface area contributed by atoms with E-state index in [9.17, 15) is 12.6 Å². The van der Waals surface area contributed by atoms with Crippen molar-refractivity contribution in [1.29, 1.82) is 0 Å². The molecule has 9 heavy (non-hydrogen) atoms. The van der Waals surface area contributed by atoms with Gasteiger partial charge in [-0.2, -0.15) is 21.9 Å². The van der Waals surface area contributed by atoms with Gasteiger partial charge in [-0.25, -0.2) is 4.21 Å². The van der Waals surface area contributed by atoms with Gasteiger partial charge in [0.15, 0.2) is 0 Å². The largest absolute Gasteiger partial charge is 1.00 e. The number of hydrogen-bond acceptors (Lipinski definition) is 3. The summed E-state index contributed by atoms with van der Waals surface area (Å²) >= 11 is 0. The van der Waals surface area contributed by atoms with Crippen molar-refractivity contribution < 1.29 is 74.5 Å². The third-order valence-electron chi connectivity index (χ3n) is 0.180. The van der Waals surface area contributed by atoms with Gasteiger partial charge in [-0.3, -0.25) is 9.11 Å². The van der Waals surface area contributed by atoms with Crippen LogP contribution in [0.4, 0.5) is 0 Å². The van der Waals surface area contributed by atoms with Crippen LogP contribution in [-0.4, -0.2) is 21.7 Å². The first-order valence-electron chi connectivity index (χ1n) is 1.03. The molecule has 0 aromatic carbocycles. The second-order valence-corrected chi connectivity index (χ2v) is 4.05. The van der Waals surface area contributed by atoms with Gasteiger partial charge in [0.25, 0.3) is 0 Å². The molecular formula is H5KO5S3. The van der Waals surface area contributed by atoms with Crippen molar-refractivity contribution in [1.82, 2.24) is 0 Å². The van der Waals surface area contributed by atoms with E-state index in [4.69, 9.17) is 9.11 Å². The van der Waals surface area contributed by atoms with Crippen LogP contribution in [0.15, 0.2) is 0 Å². The molecule has 2 N–H and O–H groups in total. The molecular weight excluding hydrogens is 215 g/mol. The van der Waals surface area contributed by atoms with E-state index in [1.807, 2.05) is 0 Å². The van der Waals surface area contributed by atoms with E-state index >= 15 is 0 Å². The van der Waals surface area contributed by atoms with Crippen molar-refractivity contribution >= 4 is 32.8 Å². The molecule has 0 heterocycles. The standard InChI is InChI=1S/K.H2O5S2.H2S.H/c;1-6(2)7(3,4)5;;/h;(H,1,2)(H,3,4,5);1H2;/q+1;;;-1. The van der Waals surface area contributed by atoms with Gasteiger partial charge in [-0.15, -0.1) is 0 Å². The van der Waals surface area contributed by atoms with Gasteiger partial charge in [-0.05, 0) is 0 Å². The van der Waals surface area contributed by atoms with Crippen LogP contribution in [0.3, 0.4) is 0 Å². The van der Waals surface area contributed by atoms with E-state index in [-0.39, 0.29) is 66.3 Å². The third kappa shape index (κ3) is 10.0. The molecule has 0 spiro atoms. The Hall–Kier alpha value is 2.01. The van der Waals surface area contributed by atoms with Crippen molar-refractivity contribution in [2.24, 2.45) is 0 Å². The molecule has 0 fully saturated rings. The molecule has 5 nitrogen and oxygen atoms in total. The Morgan fingerprint density at radius 3 is 1.56 bits per heavy atom. The van der Waals surface area contributed by atoms with Gasteiger partial charge in [0.1, 0.15) is 0 Å². The second kappa shape index (κ2) is 6.70. The fourth-order valence-corrected chi connectivity index (χ4v) is 0. The number of hydrogen-bond donors (Lipinski definition) is 2. The van der Waals surface area contributed by atoms with Crippen LogP contribution in [0.2, 0.25) is 0 Å². The Balaban J connectivity index is -0.0000000600. The van der Waals surface area contributed by atoms with Gasteiger partial charge in [-0.1, -0.05) is 0 Å². The minimum absolute atomic E-state index is 0. The quantitative estimate of drug-likeness (QED) is 0.205. The Kier molecular flexibility index (Phi) is 12.8. The summed E-state index contributed by atoms with van der Waals surface area (Å²) < 4.78 is 43.0. The van der Waals surface area contributed by atoms with Crippen molar-refractivity contribution in [3.63, 3.8) is 0 Å². The fraction of sp³-hybridized carbons (Fsp3) is 0.